The van der Waals surface area contributed by atoms with E-state index in [1.165, 1.54) is 11.4 Å². The Morgan fingerprint density at radius 3 is 2.53 bits per heavy atom. The maximum absolute atomic E-state index is 5.76. The molecule has 0 spiro atoms. The summed E-state index contributed by atoms with van der Waals surface area (Å²) in [6, 6.07) is 19.1. The second-order valence-corrected chi connectivity index (χ2v) is 8.27. The lowest BCUT2D eigenvalue weighted by molar-refractivity contribution is 0.304. The summed E-state index contributed by atoms with van der Waals surface area (Å²) in [7, 11) is 4.12. The van der Waals surface area contributed by atoms with Crippen molar-refractivity contribution in [2.24, 2.45) is 0 Å². The van der Waals surface area contributed by atoms with Crippen molar-refractivity contribution in [3.05, 3.63) is 78.4 Å². The summed E-state index contributed by atoms with van der Waals surface area (Å²) < 4.78 is 2.27. The van der Waals surface area contributed by atoms with Crippen molar-refractivity contribution in [1.29, 1.82) is 0 Å². The van der Waals surface area contributed by atoms with E-state index in [9.17, 15) is 0 Å². The first-order valence-corrected chi connectivity index (χ1v) is 10.9. The minimum atomic E-state index is 0.0188. The SMILES string of the molecule is CCCCN1C(=S)N[C@H](c2ccccn2)[C@@H]1c1cccn1-c1ccc(N(C)C)cc1. The molecular formula is C24H29N5S. The molecule has 1 N–H and O–H groups in total. The van der Waals surface area contributed by atoms with Crippen molar-refractivity contribution in [3.63, 3.8) is 0 Å². The number of aromatic nitrogens is 2. The Morgan fingerprint density at radius 1 is 1.07 bits per heavy atom. The highest BCUT2D eigenvalue weighted by atomic mass is 32.1. The summed E-state index contributed by atoms with van der Waals surface area (Å²) >= 11 is 5.76. The van der Waals surface area contributed by atoms with Gasteiger partial charge in [-0.05, 0) is 67.2 Å². The Labute approximate surface area is 184 Å². The number of thiocarbonyl (C=S) groups is 1. The van der Waals surface area contributed by atoms with E-state index in [1.807, 2.05) is 18.3 Å². The molecule has 0 amide bonds. The number of nitrogens with one attached hydrogen (secondary N) is 1. The van der Waals surface area contributed by atoms with Crippen LogP contribution in [0.15, 0.2) is 67.0 Å². The molecule has 5 nitrogen and oxygen atoms in total. The van der Waals surface area contributed by atoms with Gasteiger partial charge in [0.15, 0.2) is 5.11 Å². The van der Waals surface area contributed by atoms with E-state index in [0.717, 1.165) is 35.9 Å². The maximum Gasteiger partial charge on any atom is 0.170 e. The van der Waals surface area contributed by atoms with Crippen LogP contribution in [0.3, 0.4) is 0 Å². The van der Waals surface area contributed by atoms with Gasteiger partial charge in [-0.1, -0.05) is 19.4 Å². The Hall–Kier alpha value is -2.86. The molecule has 4 rings (SSSR count). The number of nitrogens with zero attached hydrogens (tertiary/aromatic N) is 4. The van der Waals surface area contributed by atoms with Crippen molar-refractivity contribution in [1.82, 2.24) is 19.8 Å². The molecule has 1 aliphatic rings. The molecule has 1 aliphatic heterocycles. The fraction of sp³-hybridized carbons (Fsp3) is 0.333. The summed E-state index contributed by atoms with van der Waals surface area (Å²) in [5.41, 5.74) is 4.56. The van der Waals surface area contributed by atoms with Gasteiger partial charge in [-0.25, -0.2) is 0 Å². The highest BCUT2D eigenvalue weighted by Crippen LogP contribution is 2.39. The third kappa shape index (κ3) is 3.92. The van der Waals surface area contributed by atoms with E-state index in [1.54, 1.807) is 0 Å². The number of pyridine rings is 1. The zero-order valence-electron chi connectivity index (χ0n) is 17.8. The summed E-state index contributed by atoms with van der Waals surface area (Å²) in [6.07, 6.45) is 6.22. The van der Waals surface area contributed by atoms with Crippen LogP contribution >= 0.6 is 12.2 Å². The average molecular weight is 420 g/mol. The molecule has 2 atom stereocenters. The zero-order chi connectivity index (χ0) is 21.1. The average Bonchev–Trinajstić information content (AvgIpc) is 3.37. The topological polar surface area (TPSA) is 36.3 Å². The number of anilines is 1. The number of hydrogen-bond acceptors (Lipinski definition) is 3. The molecule has 3 heterocycles. The number of rotatable bonds is 7. The molecular weight excluding hydrogens is 390 g/mol. The van der Waals surface area contributed by atoms with Crippen molar-refractivity contribution in [2.45, 2.75) is 31.8 Å². The third-order valence-electron chi connectivity index (χ3n) is 5.68. The van der Waals surface area contributed by atoms with Crippen molar-refractivity contribution in [3.8, 4) is 5.69 Å². The molecule has 30 heavy (non-hydrogen) atoms. The van der Waals surface area contributed by atoms with Crippen LogP contribution < -0.4 is 10.2 Å². The van der Waals surface area contributed by atoms with Gasteiger partial charge in [0.05, 0.1) is 17.8 Å². The van der Waals surface area contributed by atoms with E-state index in [4.69, 9.17) is 12.2 Å². The van der Waals surface area contributed by atoms with E-state index in [0.29, 0.717) is 0 Å². The van der Waals surface area contributed by atoms with Crippen molar-refractivity contribution < 1.29 is 0 Å². The Kier molecular flexibility index (Phi) is 6.04. The first-order chi connectivity index (χ1) is 14.6. The van der Waals surface area contributed by atoms with Gasteiger partial charge in [0.2, 0.25) is 0 Å². The third-order valence-corrected chi connectivity index (χ3v) is 6.03. The molecule has 1 aromatic carbocycles. The Bertz CT molecular complexity index is 980. The molecule has 1 saturated heterocycles. The van der Waals surface area contributed by atoms with Crippen LogP contribution in [0.1, 0.15) is 43.2 Å². The normalized spacial score (nSPS) is 18.5. The van der Waals surface area contributed by atoms with E-state index in [-0.39, 0.29) is 12.1 Å². The molecule has 0 unspecified atom stereocenters. The standard InChI is InChI=1S/C24H29N5S/c1-4-5-16-29-23(22(26-24(29)30)20-9-6-7-15-25-20)21-10-8-17-28(21)19-13-11-18(12-14-19)27(2)3/h6-15,17,22-23H,4-5,16H2,1-3H3,(H,26,30)/t22-,23+/m1/s1. The first-order valence-electron chi connectivity index (χ1n) is 10.5. The minimum absolute atomic E-state index is 0.0188. The Morgan fingerprint density at radius 2 is 1.87 bits per heavy atom. The van der Waals surface area contributed by atoms with Crippen LogP contribution in [0, 0.1) is 0 Å². The second kappa shape index (κ2) is 8.88. The predicted molar refractivity (Wildman–Crippen MR) is 127 cm³/mol. The molecule has 0 aliphatic carbocycles. The van der Waals surface area contributed by atoms with Gasteiger partial charge >= 0.3 is 0 Å². The second-order valence-electron chi connectivity index (χ2n) is 7.89. The molecule has 6 heteroatoms. The zero-order valence-corrected chi connectivity index (χ0v) is 18.6. The molecule has 156 valence electrons. The quantitative estimate of drug-likeness (QED) is 0.561. The summed E-state index contributed by atoms with van der Waals surface area (Å²) in [5.74, 6) is 0. The highest BCUT2D eigenvalue weighted by molar-refractivity contribution is 7.80. The van der Waals surface area contributed by atoms with Gasteiger partial charge in [-0.2, -0.15) is 0 Å². The van der Waals surface area contributed by atoms with Gasteiger partial charge in [0.25, 0.3) is 0 Å². The number of hydrogen-bond donors (Lipinski definition) is 1. The molecule has 0 radical (unpaired) electrons. The van der Waals surface area contributed by atoms with Crippen LogP contribution in [-0.4, -0.2) is 40.2 Å². The molecule has 1 fully saturated rings. The van der Waals surface area contributed by atoms with Crippen LogP contribution in [-0.2, 0) is 0 Å². The largest absolute Gasteiger partial charge is 0.378 e. The smallest absolute Gasteiger partial charge is 0.170 e. The summed E-state index contributed by atoms with van der Waals surface area (Å²) in [5, 5.41) is 4.35. The van der Waals surface area contributed by atoms with Crippen LogP contribution in [0.5, 0.6) is 0 Å². The lowest BCUT2D eigenvalue weighted by Crippen LogP contribution is -2.31. The molecule has 3 aromatic rings. The minimum Gasteiger partial charge on any atom is -0.378 e. The van der Waals surface area contributed by atoms with Gasteiger partial charge in [-0.3, -0.25) is 4.98 Å². The van der Waals surface area contributed by atoms with Crippen LogP contribution in [0.25, 0.3) is 5.69 Å². The lowest BCUT2D eigenvalue weighted by Gasteiger charge is -2.29. The maximum atomic E-state index is 5.76. The van der Waals surface area contributed by atoms with Crippen LogP contribution in [0.4, 0.5) is 5.69 Å². The number of benzene rings is 1. The Balaban J connectivity index is 1.75. The van der Waals surface area contributed by atoms with Gasteiger partial charge in [0.1, 0.15) is 0 Å². The van der Waals surface area contributed by atoms with E-state index >= 15 is 0 Å². The van der Waals surface area contributed by atoms with Crippen molar-refractivity contribution >= 4 is 23.0 Å². The molecule has 0 bridgehead atoms. The molecule has 2 aromatic heterocycles. The van der Waals surface area contributed by atoms with Crippen molar-refractivity contribution in [2.75, 3.05) is 25.5 Å². The van der Waals surface area contributed by atoms with Gasteiger partial charge < -0.3 is 19.7 Å². The van der Waals surface area contributed by atoms with E-state index in [2.05, 4.69) is 94.3 Å². The lowest BCUT2D eigenvalue weighted by atomic mass is 10.0. The number of unbranched alkanes of at least 4 members (excludes halogenated alkanes) is 1. The predicted octanol–water partition coefficient (Wildman–Crippen LogP) is 4.71. The van der Waals surface area contributed by atoms with Gasteiger partial charge in [-0.15, -0.1) is 0 Å². The monoisotopic (exact) mass is 419 g/mol. The first kappa shape index (κ1) is 20.4. The molecule has 0 saturated carbocycles. The fourth-order valence-electron chi connectivity index (χ4n) is 4.08. The van der Waals surface area contributed by atoms with E-state index < -0.39 is 0 Å². The highest BCUT2D eigenvalue weighted by Gasteiger charge is 2.40. The van der Waals surface area contributed by atoms with Crippen LogP contribution in [0.2, 0.25) is 0 Å². The summed E-state index contributed by atoms with van der Waals surface area (Å²) in [4.78, 5) is 9.09. The van der Waals surface area contributed by atoms with Gasteiger partial charge in [0, 0.05) is 50.1 Å². The fourth-order valence-corrected chi connectivity index (χ4v) is 4.41. The summed E-state index contributed by atoms with van der Waals surface area (Å²) in [6.45, 7) is 3.15.